The quantitative estimate of drug-likeness (QED) is 0.570. The Hall–Kier alpha value is -3.70. The number of hydrogen-bond acceptors (Lipinski definition) is 7. The van der Waals surface area contributed by atoms with E-state index in [2.05, 4.69) is 11.6 Å². The van der Waals surface area contributed by atoms with Crippen LogP contribution in [0.15, 0.2) is 48.0 Å². The Kier molecular flexibility index (Phi) is 4.94. The van der Waals surface area contributed by atoms with Crippen LogP contribution in [0.2, 0.25) is 0 Å². The Labute approximate surface area is 189 Å². The molecule has 0 bridgehead atoms. The van der Waals surface area contributed by atoms with E-state index in [4.69, 9.17) is 10.1 Å². The lowest BCUT2D eigenvalue weighted by Crippen LogP contribution is -2.53. The van der Waals surface area contributed by atoms with Crippen LogP contribution >= 0.6 is 11.3 Å². The van der Waals surface area contributed by atoms with Crippen LogP contribution in [-0.2, 0) is 11.2 Å². The molecule has 1 fully saturated rings. The molecule has 1 saturated heterocycles. The molecule has 1 unspecified atom stereocenters. The van der Waals surface area contributed by atoms with E-state index in [1.807, 2.05) is 0 Å². The number of nitrogens with zero attached hydrogens (tertiary/aromatic N) is 3. The highest BCUT2D eigenvalue weighted by Crippen LogP contribution is 2.33. The van der Waals surface area contributed by atoms with Gasteiger partial charge in [0, 0.05) is 29.8 Å². The Bertz CT molecular complexity index is 1400. The average molecular weight is 470 g/mol. The van der Waals surface area contributed by atoms with E-state index < -0.39 is 41.0 Å². The topological polar surface area (TPSA) is 109 Å². The number of aromatic nitrogens is 2. The molecule has 2 atom stereocenters. The molecule has 33 heavy (non-hydrogen) atoms. The van der Waals surface area contributed by atoms with E-state index in [0.717, 1.165) is 28.0 Å². The minimum atomic E-state index is -0.976. The van der Waals surface area contributed by atoms with Crippen molar-refractivity contribution in [2.24, 2.45) is 0 Å². The van der Waals surface area contributed by atoms with Crippen molar-refractivity contribution < 1.29 is 23.4 Å². The van der Waals surface area contributed by atoms with Crippen LogP contribution in [-0.4, -0.2) is 50.2 Å². The van der Waals surface area contributed by atoms with Gasteiger partial charge < -0.3 is 9.84 Å². The molecule has 8 nitrogen and oxygen atoms in total. The Morgan fingerprint density at radius 1 is 1.36 bits per heavy atom. The van der Waals surface area contributed by atoms with Crippen LogP contribution in [0, 0.1) is 17.0 Å². The summed E-state index contributed by atoms with van der Waals surface area (Å²) in [5.74, 6) is -2.96. The second-order valence-corrected chi connectivity index (χ2v) is 8.68. The molecular weight excluding hydrogens is 454 g/mol. The molecule has 2 aromatic heterocycles. The van der Waals surface area contributed by atoms with Gasteiger partial charge in [0.25, 0.3) is 5.91 Å². The predicted octanol–water partition coefficient (Wildman–Crippen LogP) is 2.74. The van der Waals surface area contributed by atoms with Gasteiger partial charge in [0.2, 0.25) is 5.43 Å². The smallest absolute Gasteiger partial charge is 0.277 e. The molecule has 2 aliphatic rings. The summed E-state index contributed by atoms with van der Waals surface area (Å²) >= 11 is 1.09. The first-order chi connectivity index (χ1) is 15.8. The van der Waals surface area contributed by atoms with E-state index in [-0.39, 0.29) is 40.7 Å². The lowest BCUT2D eigenvalue weighted by Gasteiger charge is -2.34. The fraction of sp³-hybridized carbons (Fsp3) is 0.182. The number of fused-ring (bicyclic) bond motifs is 2. The number of halogens is 2. The summed E-state index contributed by atoms with van der Waals surface area (Å²) in [6.07, 6.45) is 3.39. The van der Waals surface area contributed by atoms with E-state index in [9.17, 15) is 23.5 Å². The lowest BCUT2D eigenvalue weighted by molar-refractivity contribution is 0.0479. The number of rotatable bonds is 4. The lowest BCUT2D eigenvalue weighted by atomic mass is 10.1. The normalized spacial score (nSPS) is 19.5. The molecule has 5 rings (SSSR count). The van der Waals surface area contributed by atoms with Gasteiger partial charge in [-0.2, -0.15) is 0 Å². The van der Waals surface area contributed by atoms with Crippen LogP contribution in [0.1, 0.15) is 20.9 Å². The molecule has 1 amide bonds. The van der Waals surface area contributed by atoms with Crippen LogP contribution in [0.25, 0.3) is 10.6 Å². The third kappa shape index (κ3) is 3.28. The number of ether oxygens (including phenoxy) is 1. The molecule has 0 spiro atoms. The highest BCUT2D eigenvalue weighted by Gasteiger charge is 2.46. The summed E-state index contributed by atoms with van der Waals surface area (Å²) in [5.41, 5.74) is -0.895. The van der Waals surface area contributed by atoms with Crippen molar-refractivity contribution in [3.05, 3.63) is 81.2 Å². The molecule has 4 heterocycles. The predicted molar refractivity (Wildman–Crippen MR) is 116 cm³/mol. The minimum Gasteiger partial charge on any atom is -0.503 e. The molecule has 168 valence electrons. The van der Waals surface area contributed by atoms with Gasteiger partial charge in [-0.15, -0.1) is 17.9 Å². The van der Waals surface area contributed by atoms with Crippen molar-refractivity contribution in [2.45, 2.75) is 18.7 Å². The van der Waals surface area contributed by atoms with E-state index in [1.54, 1.807) is 0 Å². The van der Waals surface area contributed by atoms with Crippen molar-refractivity contribution in [1.29, 1.82) is 5.41 Å². The zero-order valence-electron chi connectivity index (χ0n) is 16.9. The van der Waals surface area contributed by atoms with Crippen molar-refractivity contribution in [2.75, 3.05) is 6.61 Å². The van der Waals surface area contributed by atoms with E-state index in [1.165, 1.54) is 29.4 Å². The summed E-state index contributed by atoms with van der Waals surface area (Å²) in [6.45, 7) is 3.80. The summed E-state index contributed by atoms with van der Waals surface area (Å²) in [7, 11) is 0. The molecule has 11 heteroatoms. The summed E-state index contributed by atoms with van der Waals surface area (Å²) in [4.78, 5) is 32.0. The largest absolute Gasteiger partial charge is 0.503 e. The summed E-state index contributed by atoms with van der Waals surface area (Å²) in [6, 6.07) is 2.79. The molecule has 2 N–H and O–H groups in total. The molecule has 3 aromatic rings. The van der Waals surface area contributed by atoms with Gasteiger partial charge in [0.05, 0.1) is 18.2 Å². The molecule has 0 radical (unpaired) electrons. The summed E-state index contributed by atoms with van der Waals surface area (Å²) in [5, 5.41) is 19.3. The van der Waals surface area contributed by atoms with Gasteiger partial charge in [-0.25, -0.2) is 13.8 Å². The number of carbonyl (C=O) groups excluding carboxylic acids is 1. The fourth-order valence-electron chi connectivity index (χ4n) is 3.93. The van der Waals surface area contributed by atoms with Gasteiger partial charge in [0.15, 0.2) is 23.5 Å². The SMILES string of the molecule is C=C[C@@H]1COC2C(=N)n3cc(-c4ncc(Cc5ccc(F)cc5F)s4)c(=O)c(O)c3C(=O)N21. The zero-order valence-corrected chi connectivity index (χ0v) is 17.7. The van der Waals surface area contributed by atoms with Crippen LogP contribution < -0.4 is 5.43 Å². The zero-order chi connectivity index (χ0) is 23.4. The first-order valence-corrected chi connectivity index (χ1v) is 10.6. The second-order valence-electron chi connectivity index (χ2n) is 7.57. The van der Waals surface area contributed by atoms with Gasteiger partial charge in [-0.3, -0.25) is 24.5 Å². The molecular formula is C22H16F2N4O4S. The number of hydrogen-bond donors (Lipinski definition) is 2. The number of amides is 1. The molecule has 0 aliphatic carbocycles. The van der Waals surface area contributed by atoms with Crippen LogP contribution in [0.4, 0.5) is 8.78 Å². The third-order valence-electron chi connectivity index (χ3n) is 5.58. The third-order valence-corrected chi connectivity index (χ3v) is 6.61. The molecule has 1 aromatic carbocycles. The Balaban J connectivity index is 1.54. The van der Waals surface area contributed by atoms with Crippen LogP contribution in [0.5, 0.6) is 5.75 Å². The number of pyridine rings is 1. The summed E-state index contributed by atoms with van der Waals surface area (Å²) < 4.78 is 33.8. The number of thiazole rings is 1. The van der Waals surface area contributed by atoms with Crippen molar-refractivity contribution in [3.8, 4) is 16.3 Å². The Morgan fingerprint density at radius 3 is 2.88 bits per heavy atom. The fourth-order valence-corrected chi connectivity index (χ4v) is 4.87. The van der Waals surface area contributed by atoms with Crippen LogP contribution in [0.3, 0.4) is 0 Å². The van der Waals surface area contributed by atoms with Gasteiger partial charge in [0.1, 0.15) is 16.6 Å². The Morgan fingerprint density at radius 2 is 2.15 bits per heavy atom. The highest BCUT2D eigenvalue weighted by molar-refractivity contribution is 7.15. The first-order valence-electron chi connectivity index (χ1n) is 9.83. The maximum absolute atomic E-state index is 14.0. The van der Waals surface area contributed by atoms with E-state index >= 15 is 0 Å². The van der Waals surface area contributed by atoms with Crippen molar-refractivity contribution in [3.63, 3.8) is 0 Å². The maximum Gasteiger partial charge on any atom is 0.277 e. The number of aromatic hydroxyl groups is 1. The van der Waals surface area contributed by atoms with Gasteiger partial charge in [-0.05, 0) is 11.6 Å². The maximum atomic E-state index is 14.0. The number of nitrogens with one attached hydrogen (secondary N) is 1. The standard InChI is InChI=1S/C22H16F2N4O4S/c1-2-12-9-32-22-19(25)27-8-14(17(29)18(30)16(27)21(31)28(12)22)20-26-7-13(33-20)5-10-3-4-11(23)6-15(10)24/h2-4,6-8,12,22,25,30H,1,5,9H2/t12-,22?/m1/s1. The molecule has 2 aliphatic heterocycles. The van der Waals surface area contributed by atoms with Crippen molar-refractivity contribution in [1.82, 2.24) is 14.5 Å². The first kappa shape index (κ1) is 21.2. The highest BCUT2D eigenvalue weighted by atomic mass is 32.1. The van der Waals surface area contributed by atoms with Gasteiger partial charge in [-0.1, -0.05) is 12.1 Å². The minimum absolute atomic E-state index is 0.0173. The van der Waals surface area contributed by atoms with Crippen molar-refractivity contribution >= 4 is 23.1 Å². The number of benzene rings is 1. The second kappa shape index (κ2) is 7.71. The van der Waals surface area contributed by atoms with E-state index in [0.29, 0.717) is 4.88 Å². The van der Waals surface area contributed by atoms with Gasteiger partial charge >= 0.3 is 0 Å². The monoisotopic (exact) mass is 470 g/mol. The average Bonchev–Trinajstić information content (AvgIpc) is 3.43. The number of carbonyl (C=O) groups is 1. The molecule has 0 saturated carbocycles.